The van der Waals surface area contributed by atoms with Crippen molar-refractivity contribution >= 4 is 34.7 Å². The lowest BCUT2D eigenvalue weighted by molar-refractivity contribution is -0.386. The van der Waals surface area contributed by atoms with E-state index in [9.17, 15) is 24.8 Å². The molecule has 1 aliphatic rings. The molecule has 0 atom stereocenters. The molecule has 122 valence electrons. The quantitative estimate of drug-likeness (QED) is 0.499. The summed E-state index contributed by atoms with van der Waals surface area (Å²) in [6.07, 6.45) is 1.37. The Hall–Kier alpha value is -2.55. The molecule has 1 aromatic carbocycles. The highest BCUT2D eigenvalue weighted by Gasteiger charge is 2.34. The van der Waals surface area contributed by atoms with Crippen LogP contribution in [0.15, 0.2) is 17.0 Å². The molecule has 1 fully saturated rings. The molecule has 1 heterocycles. The number of likely N-dealkylation sites (N-methyl/N-ethyl adjacent to an activating group) is 1. The summed E-state index contributed by atoms with van der Waals surface area (Å²) in [6, 6.07) is 2.50. The Morgan fingerprint density at radius 1 is 1.39 bits per heavy atom. The predicted octanol–water partition coefficient (Wildman–Crippen LogP) is 2.76. The molecule has 1 N–H and O–H groups in total. The number of hydrogen-bond donors (Lipinski definition) is 1. The Bertz CT molecular complexity index is 715. The smallest absolute Gasteiger partial charge is 0.315 e. The normalized spacial score (nSPS) is 16.3. The van der Waals surface area contributed by atoms with Crippen molar-refractivity contribution in [3.8, 4) is 11.5 Å². The Balaban J connectivity index is 2.48. The number of benzene rings is 1. The number of rotatable bonds is 5. The van der Waals surface area contributed by atoms with Gasteiger partial charge in [-0.15, -0.1) is 0 Å². The van der Waals surface area contributed by atoms with Gasteiger partial charge in [0.05, 0.1) is 16.4 Å². The Kier molecular flexibility index (Phi) is 4.89. The fourth-order valence-corrected chi connectivity index (χ4v) is 2.93. The summed E-state index contributed by atoms with van der Waals surface area (Å²) in [5.41, 5.74) is -0.239. The van der Waals surface area contributed by atoms with E-state index in [0.29, 0.717) is 5.56 Å². The zero-order chi connectivity index (χ0) is 17.1. The van der Waals surface area contributed by atoms with E-state index in [4.69, 9.17) is 4.74 Å². The first-order valence-corrected chi connectivity index (χ1v) is 7.60. The minimum atomic E-state index is -0.743. The first-order valence-electron chi connectivity index (χ1n) is 6.78. The number of thioether (sulfide) groups is 1. The lowest BCUT2D eigenvalue weighted by Gasteiger charge is -2.08. The lowest BCUT2D eigenvalue weighted by atomic mass is 10.1. The van der Waals surface area contributed by atoms with Crippen molar-refractivity contribution in [3.05, 3.63) is 32.7 Å². The number of nitrogens with zero attached hydrogens (tertiary/aromatic N) is 2. The van der Waals surface area contributed by atoms with Crippen molar-refractivity contribution < 1.29 is 24.4 Å². The number of amides is 2. The third kappa shape index (κ3) is 3.29. The molecule has 0 aromatic heterocycles. The van der Waals surface area contributed by atoms with Crippen LogP contribution in [0.2, 0.25) is 0 Å². The number of hydrogen-bond acceptors (Lipinski definition) is 7. The average molecular weight is 338 g/mol. The van der Waals surface area contributed by atoms with Gasteiger partial charge in [-0.05, 0) is 43.3 Å². The van der Waals surface area contributed by atoms with Crippen LogP contribution in [0.4, 0.5) is 10.5 Å². The Morgan fingerprint density at radius 3 is 2.61 bits per heavy atom. The van der Waals surface area contributed by atoms with Crippen LogP contribution in [0, 0.1) is 10.1 Å². The molecule has 8 nitrogen and oxygen atoms in total. The van der Waals surface area contributed by atoms with E-state index in [1.807, 2.05) is 0 Å². The number of phenolic OH excluding ortho intramolecular Hbond substituents is 1. The molecule has 0 unspecified atom stereocenters. The molecular weight excluding hydrogens is 324 g/mol. The van der Waals surface area contributed by atoms with Crippen LogP contribution in [0.25, 0.3) is 6.08 Å². The van der Waals surface area contributed by atoms with Crippen molar-refractivity contribution in [1.82, 2.24) is 4.90 Å². The van der Waals surface area contributed by atoms with Crippen molar-refractivity contribution in [2.24, 2.45) is 0 Å². The fourth-order valence-electron chi connectivity index (χ4n) is 2.03. The lowest BCUT2D eigenvalue weighted by Crippen LogP contribution is -2.27. The summed E-state index contributed by atoms with van der Waals surface area (Å²) in [7, 11) is 0. The maximum Gasteiger partial charge on any atom is 0.315 e. The van der Waals surface area contributed by atoms with E-state index in [1.54, 1.807) is 13.8 Å². The maximum absolute atomic E-state index is 12.0. The summed E-state index contributed by atoms with van der Waals surface area (Å²) in [5, 5.41) is 20.5. The van der Waals surface area contributed by atoms with Gasteiger partial charge in [0.15, 0.2) is 5.75 Å². The zero-order valence-corrected chi connectivity index (χ0v) is 13.3. The molecule has 0 radical (unpaired) electrons. The van der Waals surface area contributed by atoms with Gasteiger partial charge < -0.3 is 9.84 Å². The van der Waals surface area contributed by atoms with Gasteiger partial charge in [-0.2, -0.15) is 0 Å². The number of aromatic hydroxyl groups is 1. The average Bonchev–Trinajstić information content (AvgIpc) is 2.76. The number of phenols is 1. The molecule has 0 aliphatic carbocycles. The van der Waals surface area contributed by atoms with Gasteiger partial charge in [-0.25, -0.2) is 0 Å². The number of nitro benzene ring substituents is 1. The van der Waals surface area contributed by atoms with E-state index < -0.39 is 22.3 Å². The molecule has 9 heteroatoms. The van der Waals surface area contributed by atoms with Crippen LogP contribution in [-0.2, 0) is 4.79 Å². The standard InChI is InChI=1S/C14H14N2O6S/c1-3-15-13(18)11(23-14(15)19)7-8-5-9(16(20)21)12(17)10(6-8)22-4-2/h5-7,17H,3-4H2,1-2H3. The van der Waals surface area contributed by atoms with Crippen LogP contribution >= 0.6 is 11.8 Å². The topological polar surface area (TPSA) is 110 Å². The SMILES string of the molecule is CCOc1cc(C=C2SC(=O)N(CC)C2=O)cc([N+](=O)[O-])c1O. The van der Waals surface area contributed by atoms with Gasteiger partial charge in [-0.1, -0.05) is 0 Å². The first kappa shape index (κ1) is 16.8. The number of carbonyl (C=O) groups is 2. The van der Waals surface area contributed by atoms with Crippen LogP contribution in [0.3, 0.4) is 0 Å². The summed E-state index contributed by atoms with van der Waals surface area (Å²) in [6.45, 7) is 3.81. The second kappa shape index (κ2) is 6.69. The zero-order valence-electron chi connectivity index (χ0n) is 12.4. The Morgan fingerprint density at radius 2 is 2.09 bits per heavy atom. The minimum Gasteiger partial charge on any atom is -0.500 e. The van der Waals surface area contributed by atoms with Crippen molar-refractivity contribution in [2.75, 3.05) is 13.2 Å². The van der Waals surface area contributed by atoms with Crippen LogP contribution < -0.4 is 4.74 Å². The molecule has 0 saturated carbocycles. The fraction of sp³-hybridized carbons (Fsp3) is 0.286. The van der Waals surface area contributed by atoms with Crippen LogP contribution in [0.1, 0.15) is 19.4 Å². The largest absolute Gasteiger partial charge is 0.500 e. The van der Waals surface area contributed by atoms with Gasteiger partial charge in [0.2, 0.25) is 5.75 Å². The van der Waals surface area contributed by atoms with Crippen molar-refractivity contribution in [2.45, 2.75) is 13.8 Å². The van der Waals surface area contributed by atoms with Crippen LogP contribution in [-0.4, -0.2) is 39.2 Å². The highest BCUT2D eigenvalue weighted by atomic mass is 32.2. The van der Waals surface area contributed by atoms with Crippen LogP contribution in [0.5, 0.6) is 11.5 Å². The van der Waals surface area contributed by atoms with E-state index >= 15 is 0 Å². The second-order valence-corrected chi connectivity index (χ2v) is 5.50. The van der Waals surface area contributed by atoms with Gasteiger partial charge in [0.25, 0.3) is 11.1 Å². The van der Waals surface area contributed by atoms with E-state index in [2.05, 4.69) is 0 Å². The minimum absolute atomic E-state index is 0.0531. The van der Waals surface area contributed by atoms with Gasteiger partial charge in [0, 0.05) is 12.6 Å². The molecule has 2 rings (SSSR count). The second-order valence-electron chi connectivity index (χ2n) is 4.50. The first-order chi connectivity index (χ1) is 10.9. The maximum atomic E-state index is 12.0. The van der Waals surface area contributed by atoms with Gasteiger partial charge in [-0.3, -0.25) is 24.6 Å². The summed E-state index contributed by atoms with van der Waals surface area (Å²) in [4.78, 5) is 35.2. The van der Waals surface area contributed by atoms with Crippen molar-refractivity contribution in [3.63, 3.8) is 0 Å². The summed E-state index contributed by atoms with van der Waals surface area (Å²) in [5.74, 6) is -1.07. The highest BCUT2D eigenvalue weighted by molar-refractivity contribution is 8.18. The van der Waals surface area contributed by atoms with Gasteiger partial charge in [0.1, 0.15) is 0 Å². The van der Waals surface area contributed by atoms with Gasteiger partial charge >= 0.3 is 5.69 Å². The van der Waals surface area contributed by atoms with E-state index in [-0.39, 0.29) is 29.0 Å². The highest BCUT2D eigenvalue weighted by Crippen LogP contribution is 2.39. The third-order valence-corrected chi connectivity index (χ3v) is 3.97. The van der Waals surface area contributed by atoms with E-state index in [0.717, 1.165) is 22.7 Å². The molecule has 2 amide bonds. The molecule has 0 bridgehead atoms. The third-order valence-electron chi connectivity index (χ3n) is 3.06. The molecule has 0 spiro atoms. The molecule has 1 aromatic rings. The molecular formula is C14H14N2O6S. The monoisotopic (exact) mass is 338 g/mol. The number of carbonyl (C=O) groups excluding carboxylic acids is 2. The molecule has 1 saturated heterocycles. The van der Waals surface area contributed by atoms with E-state index in [1.165, 1.54) is 12.1 Å². The number of ether oxygens (including phenoxy) is 1. The predicted molar refractivity (Wildman–Crippen MR) is 84.3 cm³/mol. The summed E-state index contributed by atoms with van der Waals surface area (Å²) >= 11 is 0.764. The number of imide groups is 1. The van der Waals surface area contributed by atoms with Crippen molar-refractivity contribution in [1.29, 1.82) is 0 Å². The summed E-state index contributed by atoms with van der Waals surface area (Å²) < 4.78 is 5.17. The number of nitro groups is 1. The molecule has 1 aliphatic heterocycles. The molecule has 23 heavy (non-hydrogen) atoms. The Labute approximate surface area is 135 Å².